The molecule has 3 nitrogen and oxygen atoms in total. The number of anilines is 1. The highest BCUT2D eigenvalue weighted by Crippen LogP contribution is 2.28. The molecule has 0 saturated heterocycles. The number of para-hydroxylation sites is 1. The molecule has 3 aromatic rings. The van der Waals surface area contributed by atoms with E-state index in [1.165, 1.54) is 10.7 Å². The summed E-state index contributed by atoms with van der Waals surface area (Å²) in [5.41, 5.74) is 8.84. The molecule has 0 spiro atoms. The predicted octanol–water partition coefficient (Wildman–Crippen LogP) is 4.22. The molecule has 5 heteroatoms. The van der Waals surface area contributed by atoms with Gasteiger partial charge in [-0.3, -0.25) is 0 Å². The third-order valence-corrected chi connectivity index (χ3v) is 3.51. The van der Waals surface area contributed by atoms with E-state index in [1.807, 2.05) is 31.2 Å². The monoisotopic (exact) mass is 301 g/mol. The van der Waals surface area contributed by atoms with E-state index in [-0.39, 0.29) is 10.7 Å². The molecular weight excluding hydrogens is 289 g/mol. The van der Waals surface area contributed by atoms with E-state index in [9.17, 15) is 4.39 Å². The van der Waals surface area contributed by atoms with Gasteiger partial charge < -0.3 is 5.73 Å². The van der Waals surface area contributed by atoms with Crippen molar-refractivity contribution in [1.82, 2.24) is 9.78 Å². The molecule has 21 heavy (non-hydrogen) atoms. The highest BCUT2D eigenvalue weighted by atomic mass is 35.5. The van der Waals surface area contributed by atoms with Crippen molar-refractivity contribution < 1.29 is 4.39 Å². The van der Waals surface area contributed by atoms with Gasteiger partial charge in [0.1, 0.15) is 17.3 Å². The zero-order valence-electron chi connectivity index (χ0n) is 11.3. The Morgan fingerprint density at radius 3 is 2.62 bits per heavy atom. The second-order valence-corrected chi connectivity index (χ2v) is 5.21. The third-order valence-electron chi connectivity index (χ3n) is 3.20. The van der Waals surface area contributed by atoms with E-state index in [0.717, 1.165) is 11.1 Å². The predicted molar refractivity (Wildman–Crippen MR) is 83.1 cm³/mol. The second kappa shape index (κ2) is 5.22. The summed E-state index contributed by atoms with van der Waals surface area (Å²) in [6, 6.07) is 14.0. The maximum Gasteiger partial charge on any atom is 0.150 e. The van der Waals surface area contributed by atoms with Crippen LogP contribution in [0.1, 0.15) is 5.56 Å². The Kier molecular flexibility index (Phi) is 3.39. The Labute approximate surface area is 126 Å². The number of nitrogen functional groups attached to an aromatic ring is 1. The Balaban J connectivity index is 2.15. The van der Waals surface area contributed by atoms with Crippen molar-refractivity contribution >= 4 is 17.4 Å². The van der Waals surface area contributed by atoms with Crippen molar-refractivity contribution in [2.24, 2.45) is 0 Å². The van der Waals surface area contributed by atoms with Crippen molar-refractivity contribution in [2.75, 3.05) is 5.73 Å². The molecule has 0 unspecified atom stereocenters. The number of hydrogen-bond donors (Lipinski definition) is 1. The van der Waals surface area contributed by atoms with E-state index in [2.05, 4.69) is 5.10 Å². The fourth-order valence-electron chi connectivity index (χ4n) is 2.21. The summed E-state index contributed by atoms with van der Waals surface area (Å²) in [7, 11) is 0. The van der Waals surface area contributed by atoms with Gasteiger partial charge in [-0.15, -0.1) is 0 Å². The second-order valence-electron chi connectivity index (χ2n) is 4.81. The lowest BCUT2D eigenvalue weighted by Crippen LogP contribution is -2.04. The van der Waals surface area contributed by atoms with Gasteiger partial charge in [0, 0.05) is 11.6 Å². The molecule has 0 fully saturated rings. The first-order valence-corrected chi connectivity index (χ1v) is 6.81. The molecule has 0 bridgehead atoms. The maximum atomic E-state index is 14.0. The number of benzene rings is 2. The summed E-state index contributed by atoms with van der Waals surface area (Å²) in [5, 5.41) is 4.64. The zero-order valence-corrected chi connectivity index (χ0v) is 12.1. The fourth-order valence-corrected chi connectivity index (χ4v) is 2.45. The van der Waals surface area contributed by atoms with Crippen LogP contribution in [0.5, 0.6) is 0 Å². The van der Waals surface area contributed by atoms with Crippen LogP contribution >= 0.6 is 11.6 Å². The lowest BCUT2D eigenvalue weighted by atomic mass is 10.1. The zero-order chi connectivity index (χ0) is 15.0. The van der Waals surface area contributed by atoms with Gasteiger partial charge in [-0.05, 0) is 25.1 Å². The topological polar surface area (TPSA) is 43.8 Å². The fraction of sp³-hybridized carbons (Fsp3) is 0.0625. The normalized spacial score (nSPS) is 10.8. The molecule has 2 aromatic carbocycles. The van der Waals surface area contributed by atoms with Crippen LogP contribution in [0.15, 0.2) is 48.5 Å². The first kappa shape index (κ1) is 13.6. The smallest absolute Gasteiger partial charge is 0.150 e. The maximum absolute atomic E-state index is 14.0. The molecular formula is C16H13ClFN3. The van der Waals surface area contributed by atoms with Crippen LogP contribution in [0, 0.1) is 12.7 Å². The standard InChI is InChI=1S/C16H13ClFN3/c1-10-4-2-5-11(8-10)14-9-15(19)21(20-14)16-12(17)6-3-7-13(16)18/h2-9H,19H2,1H3. The van der Waals surface area contributed by atoms with E-state index in [0.29, 0.717) is 11.5 Å². The minimum Gasteiger partial charge on any atom is -0.384 e. The third kappa shape index (κ3) is 2.50. The summed E-state index contributed by atoms with van der Waals surface area (Å²) in [6.45, 7) is 2.00. The molecule has 0 aliphatic heterocycles. The first-order valence-electron chi connectivity index (χ1n) is 6.43. The molecule has 3 rings (SSSR count). The van der Waals surface area contributed by atoms with Gasteiger partial charge in [-0.25, -0.2) is 9.07 Å². The van der Waals surface area contributed by atoms with Crippen molar-refractivity contribution in [3.8, 4) is 16.9 Å². The summed E-state index contributed by atoms with van der Waals surface area (Å²) in [6.07, 6.45) is 0. The number of aromatic nitrogens is 2. The minimum atomic E-state index is -0.465. The molecule has 1 heterocycles. The van der Waals surface area contributed by atoms with E-state index >= 15 is 0 Å². The molecule has 0 amide bonds. The molecule has 1 aromatic heterocycles. The van der Waals surface area contributed by atoms with Gasteiger partial charge in [0.2, 0.25) is 0 Å². The van der Waals surface area contributed by atoms with Gasteiger partial charge in [0.25, 0.3) is 0 Å². The number of nitrogens with two attached hydrogens (primary N) is 1. The number of rotatable bonds is 2. The van der Waals surface area contributed by atoms with Crippen molar-refractivity contribution in [1.29, 1.82) is 0 Å². The number of nitrogens with zero attached hydrogens (tertiary/aromatic N) is 2. The largest absolute Gasteiger partial charge is 0.384 e. The molecule has 2 N–H and O–H groups in total. The quantitative estimate of drug-likeness (QED) is 0.770. The Morgan fingerprint density at radius 1 is 1.14 bits per heavy atom. The summed E-state index contributed by atoms with van der Waals surface area (Å²) < 4.78 is 15.3. The summed E-state index contributed by atoms with van der Waals surface area (Å²) in [5.74, 6) is -0.133. The lowest BCUT2D eigenvalue weighted by Gasteiger charge is -2.07. The van der Waals surface area contributed by atoms with Crippen LogP contribution in [0.2, 0.25) is 5.02 Å². The SMILES string of the molecule is Cc1cccc(-c2cc(N)n(-c3c(F)cccc3Cl)n2)c1. The van der Waals surface area contributed by atoms with Crippen LogP contribution in [0.3, 0.4) is 0 Å². The minimum absolute atomic E-state index is 0.163. The molecule has 0 radical (unpaired) electrons. The Bertz CT molecular complexity index is 791. The molecule has 0 aliphatic carbocycles. The van der Waals surface area contributed by atoms with Crippen molar-refractivity contribution in [2.45, 2.75) is 6.92 Å². The lowest BCUT2D eigenvalue weighted by molar-refractivity contribution is 0.612. The van der Waals surface area contributed by atoms with Gasteiger partial charge in [0.05, 0.1) is 10.7 Å². The highest BCUT2D eigenvalue weighted by molar-refractivity contribution is 6.32. The van der Waals surface area contributed by atoms with Gasteiger partial charge in [0.15, 0.2) is 0 Å². The molecule has 0 saturated carbocycles. The average molecular weight is 302 g/mol. The first-order chi connectivity index (χ1) is 10.1. The highest BCUT2D eigenvalue weighted by Gasteiger charge is 2.15. The van der Waals surface area contributed by atoms with Gasteiger partial charge in [-0.2, -0.15) is 5.10 Å². The van der Waals surface area contributed by atoms with Crippen LogP contribution in [0.25, 0.3) is 16.9 Å². The summed E-state index contributed by atoms with van der Waals surface area (Å²) >= 11 is 6.06. The Hall–Kier alpha value is -2.33. The van der Waals surface area contributed by atoms with Gasteiger partial charge in [-0.1, -0.05) is 41.4 Å². The summed E-state index contributed by atoms with van der Waals surface area (Å²) in [4.78, 5) is 0. The Morgan fingerprint density at radius 2 is 1.90 bits per heavy atom. The molecule has 106 valence electrons. The van der Waals surface area contributed by atoms with E-state index in [1.54, 1.807) is 18.2 Å². The number of halogens is 2. The average Bonchev–Trinajstić information content (AvgIpc) is 2.81. The number of aryl methyl sites for hydroxylation is 1. The molecule has 0 atom stereocenters. The molecule has 0 aliphatic rings. The number of hydrogen-bond acceptors (Lipinski definition) is 2. The van der Waals surface area contributed by atoms with Crippen LogP contribution in [0.4, 0.5) is 10.2 Å². The van der Waals surface area contributed by atoms with Crippen LogP contribution < -0.4 is 5.73 Å². The van der Waals surface area contributed by atoms with Crippen LogP contribution in [-0.2, 0) is 0 Å². The van der Waals surface area contributed by atoms with E-state index in [4.69, 9.17) is 17.3 Å². The van der Waals surface area contributed by atoms with E-state index < -0.39 is 5.82 Å². The van der Waals surface area contributed by atoms with Crippen molar-refractivity contribution in [3.63, 3.8) is 0 Å². The van der Waals surface area contributed by atoms with Crippen LogP contribution in [-0.4, -0.2) is 9.78 Å². The van der Waals surface area contributed by atoms with Gasteiger partial charge >= 0.3 is 0 Å². The van der Waals surface area contributed by atoms with Crippen molar-refractivity contribution in [3.05, 3.63) is 64.9 Å².